The summed E-state index contributed by atoms with van der Waals surface area (Å²) in [7, 11) is 0. The molecule has 1 saturated heterocycles. The molecule has 1 aliphatic rings. The van der Waals surface area contributed by atoms with E-state index in [4.69, 9.17) is 0 Å². The molecule has 0 radical (unpaired) electrons. The Balaban J connectivity index is 1.62. The van der Waals surface area contributed by atoms with E-state index in [1.165, 1.54) is 23.7 Å². The molecule has 2 heterocycles. The van der Waals surface area contributed by atoms with E-state index in [0.29, 0.717) is 19.0 Å². The molecule has 0 unspecified atom stereocenters. The van der Waals surface area contributed by atoms with Crippen molar-refractivity contribution in [1.29, 1.82) is 0 Å². The second kappa shape index (κ2) is 7.74. The summed E-state index contributed by atoms with van der Waals surface area (Å²) in [6, 6.07) is 5.30. The van der Waals surface area contributed by atoms with Gasteiger partial charge in [0.2, 0.25) is 5.91 Å². The van der Waals surface area contributed by atoms with Crippen LogP contribution in [0.4, 0.5) is 8.78 Å². The molecule has 0 saturated carbocycles. The highest BCUT2D eigenvalue weighted by atomic mass is 19.1. The molecule has 3 rings (SSSR count). The number of carbonyl (C=O) groups excluding carboxylic acids is 1. The van der Waals surface area contributed by atoms with Crippen molar-refractivity contribution in [1.82, 2.24) is 20.0 Å². The van der Waals surface area contributed by atoms with Crippen LogP contribution in [0.3, 0.4) is 0 Å². The van der Waals surface area contributed by atoms with Gasteiger partial charge in [-0.05, 0) is 43.5 Å². The lowest BCUT2D eigenvalue weighted by atomic mass is 9.98. The number of halogens is 2. The zero-order valence-corrected chi connectivity index (χ0v) is 14.2. The van der Waals surface area contributed by atoms with Gasteiger partial charge in [-0.3, -0.25) is 9.69 Å². The van der Waals surface area contributed by atoms with Crippen molar-refractivity contribution >= 4 is 5.91 Å². The van der Waals surface area contributed by atoms with Crippen LogP contribution in [0.1, 0.15) is 25.5 Å². The van der Waals surface area contributed by atoms with Crippen LogP contribution in [0.5, 0.6) is 0 Å². The number of hydrogen-bond donors (Lipinski definition) is 1. The van der Waals surface area contributed by atoms with Gasteiger partial charge in [0.05, 0.1) is 5.69 Å². The highest BCUT2D eigenvalue weighted by molar-refractivity contribution is 5.72. The Morgan fingerprint density at radius 3 is 2.96 bits per heavy atom. The van der Waals surface area contributed by atoms with E-state index in [2.05, 4.69) is 15.3 Å². The third-order valence-electron chi connectivity index (χ3n) is 4.43. The van der Waals surface area contributed by atoms with Gasteiger partial charge in [-0.2, -0.15) is 5.10 Å². The van der Waals surface area contributed by atoms with E-state index in [9.17, 15) is 13.6 Å². The standard InChI is InChI=1S/C18H22F2N4O/c1-13(25)21-10-14-3-2-7-23(11-14)12-16-6-8-24(22-16)18-5-4-15(19)9-17(18)20/h4-6,8-9,14H,2-3,7,10-12H2,1H3,(H,21,25)/t14-/m0/s1. The van der Waals surface area contributed by atoms with Gasteiger partial charge in [0.1, 0.15) is 11.5 Å². The highest BCUT2D eigenvalue weighted by Crippen LogP contribution is 2.19. The van der Waals surface area contributed by atoms with Crippen molar-refractivity contribution in [2.24, 2.45) is 5.92 Å². The molecular weight excluding hydrogens is 326 g/mol. The van der Waals surface area contributed by atoms with Gasteiger partial charge in [-0.25, -0.2) is 13.5 Å². The van der Waals surface area contributed by atoms with Crippen molar-refractivity contribution in [2.75, 3.05) is 19.6 Å². The normalized spacial score (nSPS) is 18.3. The molecule has 0 aliphatic carbocycles. The Labute approximate surface area is 145 Å². The monoisotopic (exact) mass is 348 g/mol. The van der Waals surface area contributed by atoms with Gasteiger partial charge >= 0.3 is 0 Å². The number of rotatable bonds is 5. The lowest BCUT2D eigenvalue weighted by Gasteiger charge is -2.32. The largest absolute Gasteiger partial charge is 0.356 e. The molecule has 2 aromatic rings. The van der Waals surface area contributed by atoms with Gasteiger partial charge < -0.3 is 5.32 Å². The second-order valence-electron chi connectivity index (χ2n) is 6.53. The van der Waals surface area contributed by atoms with E-state index in [1.807, 2.05) is 6.07 Å². The zero-order valence-electron chi connectivity index (χ0n) is 14.2. The van der Waals surface area contributed by atoms with Crippen LogP contribution in [-0.2, 0) is 11.3 Å². The Bertz CT molecular complexity index is 746. The van der Waals surface area contributed by atoms with E-state index >= 15 is 0 Å². The van der Waals surface area contributed by atoms with Crippen molar-refractivity contribution in [3.8, 4) is 5.69 Å². The van der Waals surface area contributed by atoms with Gasteiger partial charge in [-0.1, -0.05) is 0 Å². The summed E-state index contributed by atoms with van der Waals surface area (Å²) in [6.07, 6.45) is 3.87. The maximum absolute atomic E-state index is 13.9. The highest BCUT2D eigenvalue weighted by Gasteiger charge is 2.21. The predicted octanol–water partition coefficient (Wildman–Crippen LogP) is 2.50. The van der Waals surface area contributed by atoms with Crippen molar-refractivity contribution in [2.45, 2.75) is 26.3 Å². The minimum Gasteiger partial charge on any atom is -0.356 e. The summed E-state index contributed by atoms with van der Waals surface area (Å²) in [5, 5.41) is 7.29. The van der Waals surface area contributed by atoms with Crippen LogP contribution in [-0.4, -0.2) is 40.2 Å². The van der Waals surface area contributed by atoms with Crippen LogP contribution < -0.4 is 5.32 Å². The molecule has 7 heteroatoms. The third kappa shape index (κ3) is 4.63. The topological polar surface area (TPSA) is 50.2 Å². The number of benzene rings is 1. The number of likely N-dealkylation sites (tertiary alicyclic amines) is 1. The summed E-state index contributed by atoms with van der Waals surface area (Å²) in [4.78, 5) is 13.3. The van der Waals surface area contributed by atoms with Gasteiger partial charge in [-0.15, -0.1) is 0 Å². The molecule has 1 N–H and O–H groups in total. The van der Waals surface area contributed by atoms with Crippen LogP contribution in [0.2, 0.25) is 0 Å². The Kier molecular flexibility index (Phi) is 5.43. The Hall–Kier alpha value is -2.28. The number of nitrogens with zero attached hydrogens (tertiary/aromatic N) is 3. The first-order chi connectivity index (χ1) is 12.0. The first-order valence-corrected chi connectivity index (χ1v) is 8.48. The third-order valence-corrected chi connectivity index (χ3v) is 4.43. The molecule has 134 valence electrons. The average Bonchev–Trinajstić information content (AvgIpc) is 3.01. The molecule has 25 heavy (non-hydrogen) atoms. The van der Waals surface area contributed by atoms with Crippen LogP contribution in [0.25, 0.3) is 5.69 Å². The molecule has 5 nitrogen and oxygen atoms in total. The second-order valence-corrected chi connectivity index (χ2v) is 6.53. The molecule has 1 fully saturated rings. The van der Waals surface area contributed by atoms with E-state index in [-0.39, 0.29) is 11.6 Å². The number of aromatic nitrogens is 2. The molecule has 1 amide bonds. The summed E-state index contributed by atoms with van der Waals surface area (Å²) in [5.74, 6) is -0.804. The van der Waals surface area contributed by atoms with Crippen molar-refractivity contribution < 1.29 is 13.6 Å². The first-order valence-electron chi connectivity index (χ1n) is 8.48. The van der Waals surface area contributed by atoms with Crippen molar-refractivity contribution in [3.63, 3.8) is 0 Å². The van der Waals surface area contributed by atoms with E-state index < -0.39 is 11.6 Å². The zero-order chi connectivity index (χ0) is 17.8. The smallest absolute Gasteiger partial charge is 0.216 e. The fourth-order valence-corrected chi connectivity index (χ4v) is 3.23. The predicted molar refractivity (Wildman–Crippen MR) is 90.2 cm³/mol. The maximum Gasteiger partial charge on any atom is 0.216 e. The summed E-state index contributed by atoms with van der Waals surface area (Å²) < 4.78 is 28.3. The number of hydrogen-bond acceptors (Lipinski definition) is 3. The quantitative estimate of drug-likeness (QED) is 0.903. The van der Waals surface area contributed by atoms with Gasteiger partial charge in [0, 0.05) is 38.8 Å². The molecule has 1 aromatic carbocycles. The summed E-state index contributed by atoms with van der Waals surface area (Å²) >= 11 is 0. The van der Waals surface area contributed by atoms with Gasteiger partial charge in [0.15, 0.2) is 5.82 Å². The number of carbonyl (C=O) groups is 1. The average molecular weight is 348 g/mol. The molecule has 1 aromatic heterocycles. The fraction of sp³-hybridized carbons (Fsp3) is 0.444. The molecular formula is C18H22F2N4O. The molecule has 0 bridgehead atoms. The molecule has 0 spiro atoms. The lowest BCUT2D eigenvalue weighted by molar-refractivity contribution is -0.119. The van der Waals surface area contributed by atoms with Crippen LogP contribution >= 0.6 is 0 Å². The number of nitrogens with one attached hydrogen (secondary N) is 1. The SMILES string of the molecule is CC(=O)NC[C@@H]1CCCN(Cc2ccn(-c3ccc(F)cc3F)n2)C1. The minimum atomic E-state index is -0.636. The summed E-state index contributed by atoms with van der Waals surface area (Å²) in [5.41, 5.74) is 1.07. The maximum atomic E-state index is 13.9. The van der Waals surface area contributed by atoms with Gasteiger partial charge in [0.25, 0.3) is 0 Å². The van der Waals surface area contributed by atoms with Crippen molar-refractivity contribution in [3.05, 3.63) is 47.8 Å². The minimum absolute atomic E-state index is 0.00260. The Morgan fingerprint density at radius 2 is 2.20 bits per heavy atom. The Morgan fingerprint density at radius 1 is 1.36 bits per heavy atom. The lowest BCUT2D eigenvalue weighted by Crippen LogP contribution is -2.40. The van der Waals surface area contributed by atoms with Crippen LogP contribution in [0, 0.1) is 17.6 Å². The number of piperidine rings is 1. The summed E-state index contributed by atoms with van der Waals surface area (Å²) in [6.45, 7) is 4.78. The fourth-order valence-electron chi connectivity index (χ4n) is 3.23. The molecule has 1 atom stereocenters. The van der Waals surface area contributed by atoms with E-state index in [0.717, 1.165) is 37.7 Å². The molecule has 1 aliphatic heterocycles. The number of amides is 1. The van der Waals surface area contributed by atoms with Crippen LogP contribution in [0.15, 0.2) is 30.5 Å². The first kappa shape index (κ1) is 17.5. The van der Waals surface area contributed by atoms with E-state index in [1.54, 1.807) is 6.20 Å².